The average Bonchev–Trinajstić information content (AvgIpc) is 3.01. The van der Waals surface area contributed by atoms with Crippen molar-refractivity contribution in [3.8, 4) is 0 Å². The summed E-state index contributed by atoms with van der Waals surface area (Å²) in [6.07, 6.45) is 7.89. The summed E-state index contributed by atoms with van der Waals surface area (Å²) in [6, 6.07) is 10.6. The monoisotopic (exact) mass is 281 g/mol. The third-order valence-electron chi connectivity index (χ3n) is 3.50. The molecule has 21 heavy (non-hydrogen) atoms. The van der Waals surface area contributed by atoms with Gasteiger partial charge in [0.15, 0.2) is 11.5 Å². The van der Waals surface area contributed by atoms with Crippen molar-refractivity contribution in [3.05, 3.63) is 48.5 Å². The van der Waals surface area contributed by atoms with Gasteiger partial charge in [0.1, 0.15) is 11.8 Å². The number of aromatic amines is 1. The first-order chi connectivity index (χ1) is 10.4. The van der Waals surface area contributed by atoms with Crippen LogP contribution in [0.5, 0.6) is 0 Å². The molecule has 0 bridgehead atoms. The maximum Gasteiger partial charge on any atom is 0.182 e. The zero-order valence-corrected chi connectivity index (χ0v) is 11.9. The molecule has 0 unspecified atom stereocenters. The normalized spacial score (nSPS) is 10.9. The first kappa shape index (κ1) is 13.5. The molecule has 0 radical (unpaired) electrons. The minimum absolute atomic E-state index is 0.705. The number of aromatic nitrogens is 4. The summed E-state index contributed by atoms with van der Waals surface area (Å²) in [5.41, 5.74) is 3.00. The number of nitrogens with one attached hydrogen (secondary N) is 2. The summed E-state index contributed by atoms with van der Waals surface area (Å²) >= 11 is 0. The molecule has 3 rings (SSSR count). The molecule has 0 fully saturated rings. The topological polar surface area (TPSA) is 66.5 Å². The molecule has 5 nitrogen and oxygen atoms in total. The first-order valence-electron chi connectivity index (χ1n) is 7.35. The number of aryl methyl sites for hydroxylation is 1. The maximum absolute atomic E-state index is 4.25. The number of rotatable bonds is 7. The van der Waals surface area contributed by atoms with Gasteiger partial charge in [0.05, 0.1) is 6.33 Å². The molecular formula is C16H19N5. The van der Waals surface area contributed by atoms with Crippen LogP contribution in [0.2, 0.25) is 0 Å². The van der Waals surface area contributed by atoms with Crippen LogP contribution in [-0.2, 0) is 6.42 Å². The number of benzene rings is 1. The van der Waals surface area contributed by atoms with Crippen molar-refractivity contribution in [2.75, 3.05) is 11.9 Å². The molecule has 0 amide bonds. The fourth-order valence-corrected chi connectivity index (χ4v) is 2.38. The predicted octanol–water partition coefficient (Wildman–Crippen LogP) is 3.18. The van der Waals surface area contributed by atoms with Gasteiger partial charge in [-0.15, -0.1) is 0 Å². The van der Waals surface area contributed by atoms with E-state index >= 15 is 0 Å². The van der Waals surface area contributed by atoms with Crippen LogP contribution in [0.25, 0.3) is 11.2 Å². The Morgan fingerprint density at radius 1 is 0.952 bits per heavy atom. The van der Waals surface area contributed by atoms with Crippen LogP contribution in [0.4, 0.5) is 5.82 Å². The van der Waals surface area contributed by atoms with E-state index in [4.69, 9.17) is 0 Å². The van der Waals surface area contributed by atoms with E-state index in [-0.39, 0.29) is 0 Å². The molecule has 0 atom stereocenters. The molecule has 0 aliphatic rings. The molecule has 3 aromatic rings. The quantitative estimate of drug-likeness (QED) is 0.653. The molecular weight excluding hydrogens is 262 g/mol. The predicted molar refractivity (Wildman–Crippen MR) is 84.2 cm³/mol. The highest BCUT2D eigenvalue weighted by Crippen LogP contribution is 2.14. The zero-order chi connectivity index (χ0) is 14.3. The van der Waals surface area contributed by atoms with Crippen LogP contribution in [-0.4, -0.2) is 26.5 Å². The zero-order valence-electron chi connectivity index (χ0n) is 11.9. The molecule has 0 saturated heterocycles. The number of H-pyrrole nitrogens is 1. The van der Waals surface area contributed by atoms with Crippen LogP contribution in [0.3, 0.4) is 0 Å². The van der Waals surface area contributed by atoms with Gasteiger partial charge in [0, 0.05) is 6.54 Å². The molecule has 2 N–H and O–H groups in total. The van der Waals surface area contributed by atoms with Crippen molar-refractivity contribution in [1.29, 1.82) is 0 Å². The van der Waals surface area contributed by atoms with E-state index in [1.807, 2.05) is 0 Å². The van der Waals surface area contributed by atoms with Gasteiger partial charge in [-0.25, -0.2) is 15.0 Å². The number of hydrogen-bond acceptors (Lipinski definition) is 4. The minimum atomic E-state index is 0.705. The van der Waals surface area contributed by atoms with E-state index in [1.54, 1.807) is 12.7 Å². The maximum atomic E-state index is 4.25. The van der Waals surface area contributed by atoms with E-state index in [2.05, 4.69) is 55.6 Å². The summed E-state index contributed by atoms with van der Waals surface area (Å²) in [4.78, 5) is 15.5. The fourth-order valence-electron chi connectivity index (χ4n) is 2.38. The van der Waals surface area contributed by atoms with E-state index in [9.17, 15) is 0 Å². The molecule has 0 saturated carbocycles. The highest BCUT2D eigenvalue weighted by molar-refractivity contribution is 5.81. The second kappa shape index (κ2) is 6.83. The smallest absolute Gasteiger partial charge is 0.182 e. The molecule has 1 aromatic carbocycles. The summed E-state index contributed by atoms with van der Waals surface area (Å²) in [7, 11) is 0. The van der Waals surface area contributed by atoms with Crippen LogP contribution in [0.15, 0.2) is 43.0 Å². The van der Waals surface area contributed by atoms with Crippen LogP contribution < -0.4 is 5.32 Å². The molecule has 0 aliphatic heterocycles. The Kier molecular flexibility index (Phi) is 4.41. The highest BCUT2D eigenvalue weighted by atomic mass is 15.1. The van der Waals surface area contributed by atoms with Crippen LogP contribution in [0.1, 0.15) is 24.8 Å². The Balaban J connectivity index is 1.40. The highest BCUT2D eigenvalue weighted by Gasteiger charge is 2.04. The third-order valence-corrected chi connectivity index (χ3v) is 3.50. The summed E-state index contributed by atoms with van der Waals surface area (Å²) in [5.74, 6) is 0.834. The molecule has 0 spiro atoms. The number of imidazole rings is 1. The lowest BCUT2D eigenvalue weighted by Crippen LogP contribution is -2.04. The third kappa shape index (κ3) is 3.56. The molecule has 5 heteroatoms. The average molecular weight is 281 g/mol. The number of unbranched alkanes of at least 4 members (excludes halogenated alkanes) is 2. The van der Waals surface area contributed by atoms with Gasteiger partial charge in [-0.05, 0) is 24.8 Å². The van der Waals surface area contributed by atoms with Gasteiger partial charge in [0.25, 0.3) is 0 Å². The SMILES string of the molecule is c1ccc(CCCCCNc2ncnc3nc[nH]c23)cc1. The summed E-state index contributed by atoms with van der Waals surface area (Å²) < 4.78 is 0. The van der Waals surface area contributed by atoms with Gasteiger partial charge in [-0.1, -0.05) is 36.8 Å². The summed E-state index contributed by atoms with van der Waals surface area (Å²) in [5, 5.41) is 3.35. The molecule has 2 heterocycles. The van der Waals surface area contributed by atoms with E-state index in [1.165, 1.54) is 18.4 Å². The molecule has 2 aromatic heterocycles. The fraction of sp³-hybridized carbons (Fsp3) is 0.312. The standard InChI is InChI=1S/C16H19N5/c1-3-7-13(8-4-1)9-5-2-6-10-17-15-14-16(19-11-18-14)21-12-20-15/h1,3-4,7-8,11-12H,2,5-6,9-10H2,(H2,17,18,19,20,21). The Morgan fingerprint density at radius 3 is 2.76 bits per heavy atom. The van der Waals surface area contributed by atoms with Crippen molar-refractivity contribution in [3.63, 3.8) is 0 Å². The minimum Gasteiger partial charge on any atom is -0.368 e. The lowest BCUT2D eigenvalue weighted by molar-refractivity contribution is 0.697. The van der Waals surface area contributed by atoms with Crippen molar-refractivity contribution in [1.82, 2.24) is 19.9 Å². The molecule has 108 valence electrons. The number of fused-ring (bicyclic) bond motifs is 1. The van der Waals surface area contributed by atoms with Gasteiger partial charge in [-0.3, -0.25) is 0 Å². The van der Waals surface area contributed by atoms with Crippen molar-refractivity contribution < 1.29 is 0 Å². The second-order valence-corrected chi connectivity index (χ2v) is 5.05. The Labute approximate surface area is 123 Å². The lowest BCUT2D eigenvalue weighted by atomic mass is 10.1. The number of anilines is 1. The van der Waals surface area contributed by atoms with Gasteiger partial charge in [0.2, 0.25) is 0 Å². The van der Waals surface area contributed by atoms with E-state index in [0.717, 1.165) is 30.7 Å². The van der Waals surface area contributed by atoms with Crippen LogP contribution >= 0.6 is 0 Å². The summed E-state index contributed by atoms with van der Waals surface area (Å²) in [6.45, 7) is 0.917. The molecule has 0 aliphatic carbocycles. The van der Waals surface area contributed by atoms with Gasteiger partial charge < -0.3 is 10.3 Å². The Hall–Kier alpha value is -2.43. The van der Waals surface area contributed by atoms with Crippen LogP contribution in [0, 0.1) is 0 Å². The number of nitrogens with zero attached hydrogens (tertiary/aromatic N) is 3. The number of hydrogen-bond donors (Lipinski definition) is 2. The van der Waals surface area contributed by atoms with Crippen molar-refractivity contribution in [2.45, 2.75) is 25.7 Å². The largest absolute Gasteiger partial charge is 0.368 e. The van der Waals surface area contributed by atoms with E-state index < -0.39 is 0 Å². The van der Waals surface area contributed by atoms with Crippen molar-refractivity contribution in [2.24, 2.45) is 0 Å². The lowest BCUT2D eigenvalue weighted by Gasteiger charge is -2.06. The van der Waals surface area contributed by atoms with Crippen molar-refractivity contribution >= 4 is 17.0 Å². The first-order valence-corrected chi connectivity index (χ1v) is 7.35. The second-order valence-electron chi connectivity index (χ2n) is 5.05. The van der Waals surface area contributed by atoms with Gasteiger partial charge >= 0.3 is 0 Å². The van der Waals surface area contributed by atoms with Gasteiger partial charge in [-0.2, -0.15) is 0 Å². The Bertz CT molecular complexity index is 677. The Morgan fingerprint density at radius 2 is 1.86 bits per heavy atom. The van der Waals surface area contributed by atoms with E-state index in [0.29, 0.717) is 5.65 Å².